The fourth-order valence-corrected chi connectivity index (χ4v) is 1.60. The van der Waals surface area contributed by atoms with Gasteiger partial charge in [0.05, 0.1) is 6.17 Å². The molecule has 0 radical (unpaired) electrons. The minimum atomic E-state index is 0. The molecule has 0 amide bonds. The molecule has 0 aliphatic carbocycles. The molecule has 0 fully saturated rings. The summed E-state index contributed by atoms with van der Waals surface area (Å²) in [5.41, 5.74) is 2.25. The maximum atomic E-state index is 3.38. The molecule has 18 heavy (non-hydrogen) atoms. The number of hydrogen-bond acceptors (Lipinski definition) is 2. The fraction of sp³-hybridized carbons (Fsp3) is 0.143. The summed E-state index contributed by atoms with van der Waals surface area (Å²) >= 11 is 0. The Labute approximate surface area is 121 Å². The maximum Gasteiger partial charge on any atom is 0.0934 e. The number of hydrogen-bond donors (Lipinski definition) is 2. The van der Waals surface area contributed by atoms with Crippen molar-refractivity contribution in [1.29, 1.82) is 0 Å². The Bertz CT molecular complexity index is 379. The van der Waals surface area contributed by atoms with Crippen molar-refractivity contribution < 1.29 is 0 Å². The van der Waals surface area contributed by atoms with Gasteiger partial charge in [-0.2, -0.15) is 0 Å². The fourth-order valence-electron chi connectivity index (χ4n) is 1.60. The van der Waals surface area contributed by atoms with E-state index in [1.807, 2.05) is 36.4 Å². The highest BCUT2D eigenvalue weighted by Gasteiger charge is 1.99. The predicted octanol–water partition coefficient (Wildman–Crippen LogP) is 4.40. The molecule has 2 aromatic carbocycles. The van der Waals surface area contributed by atoms with Crippen LogP contribution in [0.1, 0.15) is 6.92 Å². The van der Waals surface area contributed by atoms with Gasteiger partial charge in [-0.15, -0.1) is 24.8 Å². The van der Waals surface area contributed by atoms with Crippen molar-refractivity contribution in [2.75, 3.05) is 10.6 Å². The second-order valence-corrected chi connectivity index (χ2v) is 3.74. The zero-order valence-electron chi connectivity index (χ0n) is 10.2. The number of benzene rings is 2. The first-order valence-corrected chi connectivity index (χ1v) is 5.48. The van der Waals surface area contributed by atoms with Crippen LogP contribution in [-0.2, 0) is 0 Å². The Balaban J connectivity index is 0.00000144. The van der Waals surface area contributed by atoms with E-state index in [4.69, 9.17) is 0 Å². The summed E-state index contributed by atoms with van der Waals surface area (Å²) < 4.78 is 0. The van der Waals surface area contributed by atoms with Gasteiger partial charge in [-0.25, -0.2) is 0 Å². The lowest BCUT2D eigenvalue weighted by molar-refractivity contribution is 0.916. The summed E-state index contributed by atoms with van der Waals surface area (Å²) in [6, 6.07) is 20.4. The third kappa shape index (κ3) is 5.30. The Kier molecular flexibility index (Phi) is 8.01. The molecule has 98 valence electrons. The van der Waals surface area contributed by atoms with Crippen LogP contribution in [0.5, 0.6) is 0 Å². The van der Waals surface area contributed by atoms with Crippen LogP contribution < -0.4 is 10.6 Å². The first-order valence-electron chi connectivity index (χ1n) is 5.48. The molecular formula is C14H18Cl2N2. The molecular weight excluding hydrogens is 267 g/mol. The molecule has 0 saturated carbocycles. The Morgan fingerprint density at radius 1 is 0.667 bits per heavy atom. The number of para-hydroxylation sites is 2. The van der Waals surface area contributed by atoms with Crippen LogP contribution in [0.3, 0.4) is 0 Å². The molecule has 0 saturated heterocycles. The molecule has 2 N–H and O–H groups in total. The van der Waals surface area contributed by atoms with Gasteiger partial charge in [0.25, 0.3) is 0 Å². The molecule has 4 heteroatoms. The Morgan fingerprint density at radius 2 is 1.00 bits per heavy atom. The quantitative estimate of drug-likeness (QED) is 0.814. The summed E-state index contributed by atoms with van der Waals surface area (Å²) in [6.07, 6.45) is 0.199. The van der Waals surface area contributed by atoms with Crippen LogP contribution in [0.15, 0.2) is 60.7 Å². The van der Waals surface area contributed by atoms with E-state index in [1.54, 1.807) is 0 Å². The SMILES string of the molecule is CC(Nc1ccccc1)Nc1ccccc1.Cl.Cl. The standard InChI is InChI=1S/C14H16N2.2ClH/c1-12(15-13-8-4-2-5-9-13)16-14-10-6-3-7-11-14;;/h2-12,15-16H,1H3;2*1H. The topological polar surface area (TPSA) is 24.1 Å². The second-order valence-electron chi connectivity index (χ2n) is 3.74. The lowest BCUT2D eigenvalue weighted by Crippen LogP contribution is -2.24. The van der Waals surface area contributed by atoms with Gasteiger partial charge in [-0.1, -0.05) is 36.4 Å². The zero-order chi connectivity index (χ0) is 11.2. The summed E-state index contributed by atoms with van der Waals surface area (Å²) in [6.45, 7) is 2.10. The third-order valence-electron chi connectivity index (χ3n) is 2.31. The van der Waals surface area contributed by atoms with Crippen LogP contribution in [0, 0.1) is 0 Å². The molecule has 0 aliphatic rings. The van der Waals surface area contributed by atoms with Gasteiger partial charge in [0.1, 0.15) is 0 Å². The van der Waals surface area contributed by atoms with Gasteiger partial charge in [-0.3, -0.25) is 0 Å². The Hall–Kier alpha value is -1.38. The maximum absolute atomic E-state index is 3.38. The Morgan fingerprint density at radius 3 is 1.33 bits per heavy atom. The largest absolute Gasteiger partial charge is 0.366 e. The number of nitrogens with one attached hydrogen (secondary N) is 2. The summed E-state index contributed by atoms with van der Waals surface area (Å²) in [5.74, 6) is 0. The minimum absolute atomic E-state index is 0. The molecule has 2 nitrogen and oxygen atoms in total. The van der Waals surface area contributed by atoms with Crippen LogP contribution in [0.2, 0.25) is 0 Å². The van der Waals surface area contributed by atoms with Crippen LogP contribution >= 0.6 is 24.8 Å². The normalized spacial score (nSPS) is 9.00. The van der Waals surface area contributed by atoms with Crippen LogP contribution in [0.25, 0.3) is 0 Å². The van der Waals surface area contributed by atoms with Crippen molar-refractivity contribution in [3.63, 3.8) is 0 Å². The van der Waals surface area contributed by atoms with E-state index in [0.29, 0.717) is 0 Å². The molecule has 0 unspecified atom stereocenters. The van der Waals surface area contributed by atoms with Gasteiger partial charge < -0.3 is 10.6 Å². The first-order chi connectivity index (χ1) is 7.84. The lowest BCUT2D eigenvalue weighted by Gasteiger charge is -2.18. The molecule has 0 aliphatic heterocycles. The highest BCUT2D eigenvalue weighted by molar-refractivity contribution is 5.85. The van der Waals surface area contributed by atoms with E-state index in [9.17, 15) is 0 Å². The second kappa shape index (κ2) is 8.67. The van der Waals surface area contributed by atoms with Crippen molar-refractivity contribution in [2.45, 2.75) is 13.1 Å². The molecule has 0 heterocycles. The highest BCUT2D eigenvalue weighted by Crippen LogP contribution is 2.10. The van der Waals surface area contributed by atoms with Crippen molar-refractivity contribution in [2.24, 2.45) is 0 Å². The van der Waals surface area contributed by atoms with Crippen LogP contribution in [0.4, 0.5) is 11.4 Å². The summed E-state index contributed by atoms with van der Waals surface area (Å²) in [4.78, 5) is 0. The number of halogens is 2. The van der Waals surface area contributed by atoms with Crippen molar-refractivity contribution in [3.8, 4) is 0 Å². The first kappa shape index (κ1) is 16.6. The van der Waals surface area contributed by atoms with Crippen molar-refractivity contribution in [1.82, 2.24) is 0 Å². The smallest absolute Gasteiger partial charge is 0.0934 e. The van der Waals surface area contributed by atoms with Gasteiger partial charge in [-0.05, 0) is 31.2 Å². The average molecular weight is 285 g/mol. The molecule has 0 aromatic heterocycles. The van der Waals surface area contributed by atoms with Gasteiger partial charge >= 0.3 is 0 Å². The molecule has 2 aromatic rings. The van der Waals surface area contributed by atoms with Gasteiger partial charge in [0.2, 0.25) is 0 Å². The lowest BCUT2D eigenvalue weighted by atomic mass is 10.3. The molecule has 0 spiro atoms. The molecule has 0 bridgehead atoms. The predicted molar refractivity (Wildman–Crippen MR) is 84.1 cm³/mol. The van der Waals surface area contributed by atoms with Crippen molar-refractivity contribution in [3.05, 3.63) is 60.7 Å². The average Bonchev–Trinajstić information content (AvgIpc) is 2.31. The summed E-state index contributed by atoms with van der Waals surface area (Å²) in [5, 5.41) is 6.76. The number of rotatable bonds is 4. The molecule has 0 atom stereocenters. The number of anilines is 2. The van der Waals surface area contributed by atoms with E-state index in [1.165, 1.54) is 0 Å². The highest BCUT2D eigenvalue weighted by atomic mass is 35.5. The van der Waals surface area contributed by atoms with Crippen molar-refractivity contribution >= 4 is 36.2 Å². The van der Waals surface area contributed by atoms with E-state index in [2.05, 4.69) is 41.8 Å². The zero-order valence-corrected chi connectivity index (χ0v) is 11.8. The monoisotopic (exact) mass is 284 g/mol. The third-order valence-corrected chi connectivity index (χ3v) is 2.31. The van der Waals surface area contributed by atoms with Gasteiger partial charge in [0, 0.05) is 11.4 Å². The minimum Gasteiger partial charge on any atom is -0.366 e. The summed E-state index contributed by atoms with van der Waals surface area (Å²) in [7, 11) is 0. The van der Waals surface area contributed by atoms with Crippen LogP contribution in [-0.4, -0.2) is 6.17 Å². The van der Waals surface area contributed by atoms with E-state index in [0.717, 1.165) is 11.4 Å². The van der Waals surface area contributed by atoms with Gasteiger partial charge in [0.15, 0.2) is 0 Å². The molecule has 2 rings (SSSR count). The van der Waals surface area contributed by atoms with E-state index in [-0.39, 0.29) is 31.0 Å². The van der Waals surface area contributed by atoms with E-state index >= 15 is 0 Å². The van der Waals surface area contributed by atoms with E-state index < -0.39 is 0 Å².